The molecule has 0 saturated heterocycles. The van der Waals surface area contributed by atoms with Crippen molar-refractivity contribution in [3.63, 3.8) is 0 Å². The minimum Gasteiger partial charge on any atom is -0.493 e. The zero-order valence-electron chi connectivity index (χ0n) is 13.8. The van der Waals surface area contributed by atoms with Crippen LogP contribution in [0, 0.1) is 13.8 Å². The van der Waals surface area contributed by atoms with Crippen LogP contribution in [0.5, 0.6) is 5.75 Å². The largest absolute Gasteiger partial charge is 0.493 e. The monoisotopic (exact) mass is 312 g/mol. The lowest BCUT2D eigenvalue weighted by Gasteiger charge is -2.13. The number of rotatable bonds is 8. The first-order chi connectivity index (χ1) is 11.1. The Kier molecular flexibility index (Phi) is 6.21. The third kappa shape index (κ3) is 5.13. The Hall–Kier alpha value is -2.29. The second-order valence-electron chi connectivity index (χ2n) is 5.91. The highest BCUT2D eigenvalue weighted by Crippen LogP contribution is 2.23. The number of carboxylic acids is 1. The standard InChI is InChI=1S/C20H24O3/c1-15-10-12-17(13-11-15)18(20(21)22)8-5-6-14-23-19-9-4-3-7-16(19)2/h3-4,7,9-13,18H,5-6,8,14H2,1-2H3,(H,21,22). The van der Waals surface area contributed by atoms with Crippen molar-refractivity contribution in [1.82, 2.24) is 0 Å². The lowest BCUT2D eigenvalue weighted by molar-refractivity contribution is -0.139. The Morgan fingerprint density at radius 2 is 1.74 bits per heavy atom. The Morgan fingerprint density at radius 3 is 2.39 bits per heavy atom. The molecular formula is C20H24O3. The summed E-state index contributed by atoms with van der Waals surface area (Å²) < 4.78 is 5.75. The smallest absolute Gasteiger partial charge is 0.310 e. The van der Waals surface area contributed by atoms with Gasteiger partial charge in [0.1, 0.15) is 5.75 Å². The summed E-state index contributed by atoms with van der Waals surface area (Å²) in [7, 11) is 0. The molecule has 0 bridgehead atoms. The van der Waals surface area contributed by atoms with Crippen molar-refractivity contribution in [2.75, 3.05) is 6.61 Å². The normalized spacial score (nSPS) is 11.9. The minimum atomic E-state index is -0.756. The molecule has 0 amide bonds. The number of unbranched alkanes of at least 4 members (excludes halogenated alkanes) is 1. The Balaban J connectivity index is 1.80. The molecule has 3 nitrogen and oxygen atoms in total. The summed E-state index contributed by atoms with van der Waals surface area (Å²) in [5, 5.41) is 9.44. The van der Waals surface area contributed by atoms with Crippen molar-refractivity contribution >= 4 is 5.97 Å². The van der Waals surface area contributed by atoms with E-state index in [9.17, 15) is 9.90 Å². The fourth-order valence-corrected chi connectivity index (χ4v) is 2.58. The number of hydrogen-bond donors (Lipinski definition) is 1. The predicted molar refractivity (Wildman–Crippen MR) is 92.1 cm³/mol. The van der Waals surface area contributed by atoms with E-state index in [2.05, 4.69) is 0 Å². The molecule has 1 atom stereocenters. The molecule has 0 radical (unpaired) electrons. The van der Waals surface area contributed by atoms with Crippen LogP contribution in [0.25, 0.3) is 0 Å². The zero-order valence-corrected chi connectivity index (χ0v) is 13.8. The topological polar surface area (TPSA) is 46.5 Å². The highest BCUT2D eigenvalue weighted by molar-refractivity contribution is 5.76. The minimum absolute atomic E-state index is 0.436. The second kappa shape index (κ2) is 8.37. The maximum Gasteiger partial charge on any atom is 0.310 e. The molecule has 0 aliphatic carbocycles. The van der Waals surface area contributed by atoms with Gasteiger partial charge >= 0.3 is 5.97 Å². The summed E-state index contributed by atoms with van der Waals surface area (Å²) in [4.78, 5) is 11.5. The summed E-state index contributed by atoms with van der Waals surface area (Å²) >= 11 is 0. The average Bonchev–Trinajstić information content (AvgIpc) is 2.53. The molecule has 0 spiro atoms. The van der Waals surface area contributed by atoms with Crippen LogP contribution >= 0.6 is 0 Å². The van der Waals surface area contributed by atoms with Crippen molar-refractivity contribution < 1.29 is 14.6 Å². The molecule has 122 valence electrons. The molecule has 2 rings (SSSR count). The van der Waals surface area contributed by atoms with E-state index in [1.165, 1.54) is 0 Å². The number of para-hydroxylation sites is 1. The first kappa shape index (κ1) is 17.1. The van der Waals surface area contributed by atoms with Gasteiger partial charge in [-0.3, -0.25) is 4.79 Å². The first-order valence-electron chi connectivity index (χ1n) is 8.05. The van der Waals surface area contributed by atoms with Crippen molar-refractivity contribution in [2.24, 2.45) is 0 Å². The second-order valence-corrected chi connectivity index (χ2v) is 5.91. The number of hydrogen-bond acceptors (Lipinski definition) is 2. The SMILES string of the molecule is Cc1ccc(C(CCCCOc2ccccc2C)C(=O)O)cc1. The highest BCUT2D eigenvalue weighted by atomic mass is 16.5. The van der Waals surface area contributed by atoms with E-state index in [1.807, 2.05) is 62.4 Å². The van der Waals surface area contributed by atoms with Crippen LogP contribution in [0.1, 0.15) is 41.9 Å². The number of ether oxygens (including phenoxy) is 1. The number of aliphatic carboxylic acids is 1. The van der Waals surface area contributed by atoms with Gasteiger partial charge in [-0.15, -0.1) is 0 Å². The van der Waals surface area contributed by atoms with Crippen molar-refractivity contribution in [1.29, 1.82) is 0 Å². The van der Waals surface area contributed by atoms with E-state index in [-0.39, 0.29) is 0 Å². The molecule has 2 aromatic carbocycles. The van der Waals surface area contributed by atoms with Gasteiger partial charge in [0.25, 0.3) is 0 Å². The van der Waals surface area contributed by atoms with Gasteiger partial charge in [-0.25, -0.2) is 0 Å². The van der Waals surface area contributed by atoms with Gasteiger partial charge in [-0.2, -0.15) is 0 Å². The van der Waals surface area contributed by atoms with E-state index < -0.39 is 11.9 Å². The van der Waals surface area contributed by atoms with Gasteiger partial charge < -0.3 is 9.84 Å². The van der Waals surface area contributed by atoms with E-state index in [0.29, 0.717) is 13.0 Å². The number of aryl methyl sites for hydroxylation is 2. The molecule has 0 aromatic heterocycles. The van der Waals surface area contributed by atoms with Crippen LogP contribution in [0.4, 0.5) is 0 Å². The third-order valence-electron chi connectivity index (χ3n) is 4.02. The summed E-state index contributed by atoms with van der Waals surface area (Å²) in [6.07, 6.45) is 2.32. The maximum atomic E-state index is 11.5. The van der Waals surface area contributed by atoms with Gasteiger partial charge in [-0.1, -0.05) is 48.0 Å². The maximum absolute atomic E-state index is 11.5. The molecule has 1 unspecified atom stereocenters. The molecule has 23 heavy (non-hydrogen) atoms. The molecule has 0 aliphatic heterocycles. The molecule has 0 heterocycles. The van der Waals surface area contributed by atoms with Crippen LogP contribution in [-0.4, -0.2) is 17.7 Å². The number of carbonyl (C=O) groups is 1. The summed E-state index contributed by atoms with van der Waals surface area (Å²) in [5.74, 6) is -0.288. The molecule has 3 heteroatoms. The number of carboxylic acid groups (broad SMARTS) is 1. The average molecular weight is 312 g/mol. The zero-order chi connectivity index (χ0) is 16.7. The number of benzene rings is 2. The Morgan fingerprint density at radius 1 is 1.04 bits per heavy atom. The van der Waals surface area contributed by atoms with Crippen molar-refractivity contribution in [2.45, 2.75) is 39.0 Å². The predicted octanol–water partition coefficient (Wildman–Crippen LogP) is 4.72. The lowest BCUT2D eigenvalue weighted by Crippen LogP contribution is -2.12. The van der Waals surface area contributed by atoms with Crippen molar-refractivity contribution in [3.05, 3.63) is 65.2 Å². The van der Waals surface area contributed by atoms with Gasteiger partial charge in [-0.05, 0) is 50.3 Å². The van der Waals surface area contributed by atoms with E-state index >= 15 is 0 Å². The van der Waals surface area contributed by atoms with Crippen LogP contribution in [-0.2, 0) is 4.79 Å². The van der Waals surface area contributed by atoms with Crippen LogP contribution in [0.2, 0.25) is 0 Å². The van der Waals surface area contributed by atoms with Crippen LogP contribution in [0.3, 0.4) is 0 Å². The summed E-state index contributed by atoms with van der Waals surface area (Å²) in [5.41, 5.74) is 3.14. The van der Waals surface area contributed by atoms with Gasteiger partial charge in [0.15, 0.2) is 0 Å². The molecular weight excluding hydrogens is 288 g/mol. The van der Waals surface area contributed by atoms with Gasteiger partial charge in [0, 0.05) is 0 Å². The fourth-order valence-electron chi connectivity index (χ4n) is 2.58. The van der Waals surface area contributed by atoms with Crippen LogP contribution < -0.4 is 4.74 Å². The van der Waals surface area contributed by atoms with Crippen LogP contribution in [0.15, 0.2) is 48.5 Å². The lowest BCUT2D eigenvalue weighted by atomic mass is 9.93. The third-order valence-corrected chi connectivity index (χ3v) is 4.02. The quantitative estimate of drug-likeness (QED) is 0.717. The first-order valence-corrected chi connectivity index (χ1v) is 8.05. The molecule has 2 aromatic rings. The molecule has 0 aliphatic rings. The van der Waals surface area contributed by atoms with E-state index in [0.717, 1.165) is 35.3 Å². The Bertz CT molecular complexity index is 632. The molecule has 0 saturated carbocycles. The summed E-state index contributed by atoms with van der Waals surface area (Å²) in [6.45, 7) is 4.64. The van der Waals surface area contributed by atoms with Gasteiger partial charge in [0.05, 0.1) is 12.5 Å². The van der Waals surface area contributed by atoms with E-state index in [4.69, 9.17) is 4.74 Å². The fraction of sp³-hybridized carbons (Fsp3) is 0.350. The van der Waals surface area contributed by atoms with Gasteiger partial charge in [0.2, 0.25) is 0 Å². The molecule has 0 fully saturated rings. The highest BCUT2D eigenvalue weighted by Gasteiger charge is 2.19. The van der Waals surface area contributed by atoms with E-state index in [1.54, 1.807) is 0 Å². The summed E-state index contributed by atoms with van der Waals surface area (Å²) in [6, 6.07) is 15.7. The molecule has 1 N–H and O–H groups in total. The Labute approximate surface area is 137 Å². The van der Waals surface area contributed by atoms with Crippen molar-refractivity contribution in [3.8, 4) is 5.75 Å².